The predicted molar refractivity (Wildman–Crippen MR) is 90.2 cm³/mol. The van der Waals surface area contributed by atoms with Crippen molar-refractivity contribution in [2.45, 2.75) is 37.5 Å². The average molecular weight is 377 g/mol. The number of nitrogens with one attached hydrogen (secondary N) is 2. The molecule has 1 saturated heterocycles. The number of carbonyl (C=O) groups is 2. The molecular weight excluding hydrogens is 360 g/mol. The summed E-state index contributed by atoms with van der Waals surface area (Å²) in [7, 11) is 0. The number of halogens is 1. The van der Waals surface area contributed by atoms with Gasteiger partial charge in [-0.05, 0) is 24.5 Å². The van der Waals surface area contributed by atoms with E-state index in [0.29, 0.717) is 28.2 Å². The molecule has 1 saturated carbocycles. The van der Waals surface area contributed by atoms with Crippen molar-refractivity contribution in [1.82, 2.24) is 20.8 Å². The van der Waals surface area contributed by atoms with E-state index in [1.54, 1.807) is 24.3 Å². The summed E-state index contributed by atoms with van der Waals surface area (Å²) >= 11 is 6.21. The number of hydrogen-bond donors (Lipinski definition) is 2. The lowest BCUT2D eigenvalue weighted by Crippen LogP contribution is -2.52. The highest BCUT2D eigenvalue weighted by atomic mass is 35.5. The van der Waals surface area contributed by atoms with E-state index in [4.69, 9.17) is 20.9 Å². The van der Waals surface area contributed by atoms with E-state index in [0.717, 1.165) is 12.8 Å². The number of rotatable bonds is 5. The van der Waals surface area contributed by atoms with Gasteiger partial charge in [0.05, 0.1) is 12.6 Å². The largest absolute Gasteiger partial charge is 0.356 e. The molecule has 9 heteroatoms. The van der Waals surface area contributed by atoms with Crippen LogP contribution in [0, 0.1) is 0 Å². The average Bonchev–Trinajstić information content (AvgIpc) is 3.38. The number of aromatic nitrogens is 2. The van der Waals surface area contributed by atoms with Crippen LogP contribution in [-0.2, 0) is 20.9 Å². The summed E-state index contributed by atoms with van der Waals surface area (Å²) in [5.41, 5.74) is 0.621. The van der Waals surface area contributed by atoms with E-state index in [9.17, 15) is 9.59 Å². The third kappa shape index (κ3) is 3.56. The second-order valence-electron chi connectivity index (χ2n) is 6.34. The lowest BCUT2D eigenvalue weighted by molar-refractivity contribution is -0.148. The highest BCUT2D eigenvalue weighted by molar-refractivity contribution is 6.31. The van der Waals surface area contributed by atoms with Crippen LogP contribution in [0.15, 0.2) is 28.8 Å². The summed E-state index contributed by atoms with van der Waals surface area (Å²) in [5, 5.41) is 9.85. The summed E-state index contributed by atoms with van der Waals surface area (Å²) < 4.78 is 10.6. The Hall–Kier alpha value is -2.45. The van der Waals surface area contributed by atoms with E-state index < -0.39 is 12.1 Å². The van der Waals surface area contributed by atoms with Gasteiger partial charge in [-0.3, -0.25) is 9.59 Å². The molecular formula is C17H17ClN4O4. The van der Waals surface area contributed by atoms with Crippen LogP contribution in [0.2, 0.25) is 5.02 Å². The van der Waals surface area contributed by atoms with Crippen molar-refractivity contribution >= 4 is 23.4 Å². The molecule has 0 unspecified atom stereocenters. The van der Waals surface area contributed by atoms with Gasteiger partial charge >= 0.3 is 0 Å². The number of carbonyl (C=O) groups excluding carboxylic acids is 2. The molecule has 2 atom stereocenters. The highest BCUT2D eigenvalue weighted by Crippen LogP contribution is 2.38. The van der Waals surface area contributed by atoms with Crippen LogP contribution in [0.25, 0.3) is 0 Å². The number of benzene rings is 1. The van der Waals surface area contributed by atoms with Crippen molar-refractivity contribution < 1.29 is 18.8 Å². The fourth-order valence-corrected chi connectivity index (χ4v) is 3.11. The van der Waals surface area contributed by atoms with Crippen molar-refractivity contribution in [2.24, 2.45) is 0 Å². The summed E-state index contributed by atoms with van der Waals surface area (Å²) in [5.74, 6) is 0.717. The molecule has 8 nitrogen and oxygen atoms in total. The standard InChI is InChI=1S/C17H17ClN4O4/c18-11-4-2-1-3-10(11)14-15(25-8-12(23)20-14)17(24)19-7-13-21-16(22-26-13)9-5-6-9/h1-4,9,14-15H,5-8H2,(H,19,24)(H,20,23)/t14-,15+/m1/s1. The summed E-state index contributed by atoms with van der Waals surface area (Å²) in [4.78, 5) is 28.6. The summed E-state index contributed by atoms with van der Waals surface area (Å²) in [6.45, 7) is -0.0903. The SMILES string of the molecule is O=C1CO[C@H](C(=O)NCc2nc(C3CC3)no2)[C@@H](c2ccccc2Cl)N1. The van der Waals surface area contributed by atoms with Crippen LogP contribution in [-0.4, -0.2) is 34.7 Å². The lowest BCUT2D eigenvalue weighted by atomic mass is 9.99. The maximum Gasteiger partial charge on any atom is 0.252 e. The molecule has 26 heavy (non-hydrogen) atoms. The van der Waals surface area contributed by atoms with E-state index >= 15 is 0 Å². The zero-order valence-electron chi connectivity index (χ0n) is 13.8. The minimum Gasteiger partial charge on any atom is -0.356 e. The third-order valence-corrected chi connectivity index (χ3v) is 4.70. The fourth-order valence-electron chi connectivity index (χ4n) is 2.86. The maximum absolute atomic E-state index is 12.6. The molecule has 2 aliphatic rings. The zero-order chi connectivity index (χ0) is 18.1. The first-order valence-electron chi connectivity index (χ1n) is 8.37. The van der Waals surface area contributed by atoms with Gasteiger partial charge in [0, 0.05) is 10.9 Å². The number of morpholine rings is 1. The van der Waals surface area contributed by atoms with Crippen LogP contribution in [0.4, 0.5) is 0 Å². The smallest absolute Gasteiger partial charge is 0.252 e. The molecule has 1 aromatic carbocycles. The summed E-state index contributed by atoms with van der Waals surface area (Å²) in [6.07, 6.45) is 1.24. The van der Waals surface area contributed by atoms with Crippen molar-refractivity contribution in [3.05, 3.63) is 46.6 Å². The fraction of sp³-hybridized carbons (Fsp3) is 0.412. The molecule has 2 aromatic rings. The maximum atomic E-state index is 12.6. The quantitative estimate of drug-likeness (QED) is 0.818. The van der Waals surface area contributed by atoms with Gasteiger partial charge in [0.1, 0.15) is 6.61 Å². The first-order chi connectivity index (χ1) is 12.6. The Morgan fingerprint density at radius 2 is 2.15 bits per heavy atom. The van der Waals surface area contributed by atoms with Crippen LogP contribution in [0.5, 0.6) is 0 Å². The molecule has 1 aromatic heterocycles. The van der Waals surface area contributed by atoms with Gasteiger partial charge in [0.2, 0.25) is 11.8 Å². The minimum atomic E-state index is -0.904. The number of ether oxygens (including phenoxy) is 1. The van der Waals surface area contributed by atoms with Crippen LogP contribution < -0.4 is 10.6 Å². The monoisotopic (exact) mass is 376 g/mol. The Bertz CT molecular complexity index is 836. The Morgan fingerprint density at radius 1 is 1.35 bits per heavy atom. The van der Waals surface area contributed by atoms with Crippen molar-refractivity contribution in [2.75, 3.05) is 6.61 Å². The molecule has 2 amide bonds. The molecule has 2 fully saturated rings. The molecule has 2 heterocycles. The molecule has 1 aliphatic heterocycles. The Balaban J connectivity index is 1.45. The van der Waals surface area contributed by atoms with Gasteiger partial charge in [0.15, 0.2) is 11.9 Å². The van der Waals surface area contributed by atoms with E-state index in [1.807, 2.05) is 0 Å². The molecule has 1 aliphatic carbocycles. The van der Waals surface area contributed by atoms with E-state index in [-0.39, 0.29) is 25.0 Å². The Morgan fingerprint density at radius 3 is 2.92 bits per heavy atom. The van der Waals surface area contributed by atoms with Gasteiger partial charge in [0.25, 0.3) is 5.91 Å². The lowest BCUT2D eigenvalue weighted by Gasteiger charge is -2.32. The normalized spacial score (nSPS) is 22.7. The molecule has 0 radical (unpaired) electrons. The molecule has 0 bridgehead atoms. The predicted octanol–water partition coefficient (Wildman–Crippen LogP) is 1.47. The first kappa shape index (κ1) is 17.0. The van der Waals surface area contributed by atoms with Gasteiger partial charge in [-0.25, -0.2) is 0 Å². The van der Waals surface area contributed by atoms with Gasteiger partial charge in [-0.15, -0.1) is 0 Å². The van der Waals surface area contributed by atoms with Crippen molar-refractivity contribution in [3.8, 4) is 0 Å². The van der Waals surface area contributed by atoms with E-state index in [1.165, 1.54) is 0 Å². The topological polar surface area (TPSA) is 106 Å². The highest BCUT2D eigenvalue weighted by Gasteiger charge is 2.37. The molecule has 4 rings (SSSR count). The van der Waals surface area contributed by atoms with Gasteiger partial charge in [-0.2, -0.15) is 4.98 Å². The minimum absolute atomic E-state index is 0.0988. The number of nitrogens with zero attached hydrogens (tertiary/aromatic N) is 2. The van der Waals surface area contributed by atoms with Crippen LogP contribution in [0.1, 0.15) is 42.1 Å². The second kappa shape index (κ2) is 7.05. The summed E-state index contributed by atoms with van der Waals surface area (Å²) in [6, 6.07) is 6.34. The van der Waals surface area contributed by atoms with Gasteiger partial charge in [-0.1, -0.05) is 35.0 Å². The zero-order valence-corrected chi connectivity index (χ0v) is 14.5. The molecule has 0 spiro atoms. The Labute approximate surface area is 154 Å². The first-order valence-corrected chi connectivity index (χ1v) is 8.75. The third-order valence-electron chi connectivity index (χ3n) is 4.35. The molecule has 2 N–H and O–H groups in total. The van der Waals surface area contributed by atoms with Crippen molar-refractivity contribution in [1.29, 1.82) is 0 Å². The Kier molecular flexibility index (Phi) is 4.60. The number of amides is 2. The van der Waals surface area contributed by atoms with Crippen LogP contribution >= 0.6 is 11.6 Å². The van der Waals surface area contributed by atoms with Crippen LogP contribution in [0.3, 0.4) is 0 Å². The second-order valence-corrected chi connectivity index (χ2v) is 6.74. The number of hydrogen-bond acceptors (Lipinski definition) is 6. The van der Waals surface area contributed by atoms with Gasteiger partial charge < -0.3 is 19.9 Å². The van der Waals surface area contributed by atoms with Crippen molar-refractivity contribution in [3.63, 3.8) is 0 Å². The molecule has 136 valence electrons. The van der Waals surface area contributed by atoms with E-state index in [2.05, 4.69) is 20.8 Å².